The van der Waals surface area contributed by atoms with Crippen LogP contribution in [0.25, 0.3) is 0 Å². The first-order valence-electron chi connectivity index (χ1n) is 4.73. The average Bonchev–Trinajstić information content (AvgIpc) is 2.09. The SMILES string of the molecule is CC(C)(CO)CNCCOCC(F)(F)F. The number of rotatable bonds is 7. The highest BCUT2D eigenvalue weighted by atomic mass is 19.4. The summed E-state index contributed by atoms with van der Waals surface area (Å²) in [6.45, 7) is 3.44. The predicted molar refractivity (Wildman–Crippen MR) is 50.6 cm³/mol. The first-order valence-corrected chi connectivity index (χ1v) is 4.73. The van der Waals surface area contributed by atoms with Crippen LogP contribution in [-0.4, -0.2) is 44.2 Å². The Kier molecular flexibility index (Phi) is 6.16. The van der Waals surface area contributed by atoms with E-state index in [1.807, 2.05) is 13.8 Å². The van der Waals surface area contributed by atoms with Crippen molar-refractivity contribution in [3.8, 4) is 0 Å². The number of hydrogen-bond acceptors (Lipinski definition) is 3. The maximum atomic E-state index is 11.6. The number of ether oxygens (including phenoxy) is 1. The highest BCUT2D eigenvalue weighted by Gasteiger charge is 2.27. The molecule has 0 bridgehead atoms. The first kappa shape index (κ1) is 14.7. The second-order valence-electron chi connectivity index (χ2n) is 4.17. The maximum Gasteiger partial charge on any atom is 0.411 e. The molecule has 0 aliphatic carbocycles. The lowest BCUT2D eigenvalue weighted by molar-refractivity contribution is -0.173. The molecular formula is C9H18F3NO2. The zero-order chi connectivity index (χ0) is 11.9. The van der Waals surface area contributed by atoms with Crippen molar-refractivity contribution in [1.82, 2.24) is 5.32 Å². The summed E-state index contributed by atoms with van der Waals surface area (Å²) < 4.78 is 39.3. The van der Waals surface area contributed by atoms with E-state index in [-0.39, 0.29) is 18.6 Å². The molecule has 92 valence electrons. The minimum absolute atomic E-state index is 0.0149. The van der Waals surface area contributed by atoms with Gasteiger partial charge < -0.3 is 15.2 Å². The fraction of sp³-hybridized carbons (Fsp3) is 1.00. The highest BCUT2D eigenvalue weighted by molar-refractivity contribution is 4.69. The van der Waals surface area contributed by atoms with Crippen molar-refractivity contribution >= 4 is 0 Å². The van der Waals surface area contributed by atoms with E-state index >= 15 is 0 Å². The van der Waals surface area contributed by atoms with Crippen LogP contribution in [0.1, 0.15) is 13.8 Å². The van der Waals surface area contributed by atoms with Crippen LogP contribution in [0.4, 0.5) is 13.2 Å². The van der Waals surface area contributed by atoms with Crippen LogP contribution in [0.5, 0.6) is 0 Å². The quantitative estimate of drug-likeness (QED) is 0.644. The van der Waals surface area contributed by atoms with Gasteiger partial charge in [-0.05, 0) is 0 Å². The Balaban J connectivity index is 3.33. The van der Waals surface area contributed by atoms with Gasteiger partial charge in [0.25, 0.3) is 0 Å². The van der Waals surface area contributed by atoms with Gasteiger partial charge in [-0.15, -0.1) is 0 Å². The van der Waals surface area contributed by atoms with Gasteiger partial charge in [-0.1, -0.05) is 13.8 Å². The minimum Gasteiger partial charge on any atom is -0.396 e. The fourth-order valence-electron chi connectivity index (χ4n) is 0.815. The highest BCUT2D eigenvalue weighted by Crippen LogP contribution is 2.14. The topological polar surface area (TPSA) is 41.5 Å². The number of hydrogen-bond donors (Lipinski definition) is 2. The van der Waals surface area contributed by atoms with Gasteiger partial charge in [-0.3, -0.25) is 0 Å². The van der Waals surface area contributed by atoms with E-state index in [0.29, 0.717) is 13.1 Å². The summed E-state index contributed by atoms with van der Waals surface area (Å²) in [4.78, 5) is 0. The third kappa shape index (κ3) is 9.96. The van der Waals surface area contributed by atoms with E-state index < -0.39 is 12.8 Å². The van der Waals surface area contributed by atoms with E-state index in [4.69, 9.17) is 5.11 Å². The Hall–Kier alpha value is -0.330. The summed E-state index contributed by atoms with van der Waals surface area (Å²) in [5, 5.41) is 11.8. The molecule has 0 saturated carbocycles. The Morgan fingerprint density at radius 3 is 2.33 bits per heavy atom. The normalized spacial score (nSPS) is 13.2. The molecule has 2 N–H and O–H groups in total. The number of nitrogens with one attached hydrogen (secondary N) is 1. The summed E-state index contributed by atoms with van der Waals surface area (Å²) >= 11 is 0. The van der Waals surface area contributed by atoms with E-state index in [2.05, 4.69) is 10.1 Å². The lowest BCUT2D eigenvalue weighted by Gasteiger charge is -2.21. The van der Waals surface area contributed by atoms with Gasteiger partial charge >= 0.3 is 6.18 Å². The van der Waals surface area contributed by atoms with Crippen molar-refractivity contribution in [2.45, 2.75) is 20.0 Å². The number of alkyl halides is 3. The van der Waals surface area contributed by atoms with Crippen molar-refractivity contribution in [2.24, 2.45) is 5.41 Å². The Bertz CT molecular complexity index is 171. The number of aliphatic hydroxyl groups is 1. The van der Waals surface area contributed by atoms with Crippen LogP contribution in [0.15, 0.2) is 0 Å². The number of aliphatic hydroxyl groups excluding tert-OH is 1. The standard InChI is InChI=1S/C9H18F3NO2/c1-8(2,6-14)5-13-3-4-15-7-9(10,11)12/h13-14H,3-7H2,1-2H3. The van der Waals surface area contributed by atoms with Gasteiger partial charge in [-0.2, -0.15) is 13.2 Å². The molecule has 0 unspecified atom stereocenters. The van der Waals surface area contributed by atoms with E-state index in [1.165, 1.54) is 0 Å². The summed E-state index contributed by atoms with van der Waals surface area (Å²) in [5.41, 5.74) is -0.260. The zero-order valence-electron chi connectivity index (χ0n) is 9.02. The van der Waals surface area contributed by atoms with Crippen molar-refractivity contribution in [3.63, 3.8) is 0 Å². The largest absolute Gasteiger partial charge is 0.411 e. The van der Waals surface area contributed by atoms with Gasteiger partial charge in [0.1, 0.15) is 6.61 Å². The smallest absolute Gasteiger partial charge is 0.396 e. The first-order chi connectivity index (χ1) is 6.77. The molecule has 0 fully saturated rings. The molecule has 0 spiro atoms. The lowest BCUT2D eigenvalue weighted by atomic mass is 9.95. The summed E-state index contributed by atoms with van der Waals surface area (Å²) in [6, 6.07) is 0. The van der Waals surface area contributed by atoms with Crippen molar-refractivity contribution < 1.29 is 23.0 Å². The summed E-state index contributed by atoms with van der Waals surface area (Å²) in [5.74, 6) is 0. The fourth-order valence-corrected chi connectivity index (χ4v) is 0.815. The van der Waals surface area contributed by atoms with Crippen LogP contribution < -0.4 is 5.32 Å². The second-order valence-corrected chi connectivity index (χ2v) is 4.17. The van der Waals surface area contributed by atoms with Crippen LogP contribution in [-0.2, 0) is 4.74 Å². The molecule has 15 heavy (non-hydrogen) atoms. The molecule has 0 rings (SSSR count). The molecule has 0 aromatic heterocycles. The third-order valence-corrected chi connectivity index (χ3v) is 1.72. The van der Waals surface area contributed by atoms with E-state index in [1.54, 1.807) is 0 Å². The molecule has 6 heteroatoms. The van der Waals surface area contributed by atoms with Crippen LogP contribution in [0.3, 0.4) is 0 Å². The number of halogens is 3. The molecule has 0 aromatic carbocycles. The molecule has 0 aliphatic heterocycles. The van der Waals surface area contributed by atoms with Crippen LogP contribution >= 0.6 is 0 Å². The lowest BCUT2D eigenvalue weighted by Crippen LogP contribution is -2.34. The molecule has 0 radical (unpaired) electrons. The molecule has 0 heterocycles. The van der Waals surface area contributed by atoms with Gasteiger partial charge in [0, 0.05) is 25.1 Å². The summed E-state index contributed by atoms with van der Waals surface area (Å²) in [7, 11) is 0. The van der Waals surface area contributed by atoms with Crippen molar-refractivity contribution in [2.75, 3.05) is 32.9 Å². The monoisotopic (exact) mass is 229 g/mol. The van der Waals surface area contributed by atoms with Crippen LogP contribution in [0.2, 0.25) is 0 Å². The molecule has 0 saturated heterocycles. The van der Waals surface area contributed by atoms with Gasteiger partial charge in [0.05, 0.1) is 6.61 Å². The third-order valence-electron chi connectivity index (χ3n) is 1.72. The Morgan fingerprint density at radius 1 is 1.27 bits per heavy atom. The summed E-state index contributed by atoms with van der Waals surface area (Å²) in [6.07, 6.45) is -4.26. The van der Waals surface area contributed by atoms with Crippen molar-refractivity contribution in [1.29, 1.82) is 0 Å². The van der Waals surface area contributed by atoms with E-state index in [0.717, 1.165) is 0 Å². The van der Waals surface area contributed by atoms with Gasteiger partial charge in [-0.25, -0.2) is 0 Å². The predicted octanol–water partition coefficient (Wildman–Crippen LogP) is 1.17. The van der Waals surface area contributed by atoms with Gasteiger partial charge in [0.2, 0.25) is 0 Å². The van der Waals surface area contributed by atoms with E-state index in [9.17, 15) is 13.2 Å². The Morgan fingerprint density at radius 2 is 1.87 bits per heavy atom. The zero-order valence-corrected chi connectivity index (χ0v) is 9.02. The molecule has 0 amide bonds. The minimum atomic E-state index is -4.26. The molecule has 0 aliphatic rings. The van der Waals surface area contributed by atoms with Gasteiger partial charge in [0.15, 0.2) is 0 Å². The molecule has 0 aromatic rings. The molecule has 3 nitrogen and oxygen atoms in total. The molecule has 0 atom stereocenters. The Labute approximate surface area is 87.6 Å². The van der Waals surface area contributed by atoms with Crippen LogP contribution in [0, 0.1) is 5.41 Å². The second kappa shape index (κ2) is 6.30. The maximum absolute atomic E-state index is 11.6. The van der Waals surface area contributed by atoms with Crippen molar-refractivity contribution in [3.05, 3.63) is 0 Å². The molecular weight excluding hydrogens is 211 g/mol. The average molecular weight is 229 g/mol.